The third-order valence-corrected chi connectivity index (χ3v) is 4.27. The first kappa shape index (κ1) is 16.6. The van der Waals surface area contributed by atoms with E-state index in [1.807, 2.05) is 0 Å². The fourth-order valence-corrected chi connectivity index (χ4v) is 2.99. The lowest BCUT2D eigenvalue weighted by molar-refractivity contribution is -0.129. The van der Waals surface area contributed by atoms with Crippen molar-refractivity contribution in [3.63, 3.8) is 0 Å². The highest BCUT2D eigenvalue weighted by Crippen LogP contribution is 2.23. The first-order valence-corrected chi connectivity index (χ1v) is 7.75. The van der Waals surface area contributed by atoms with E-state index in [1.54, 1.807) is 13.0 Å². The van der Waals surface area contributed by atoms with Crippen molar-refractivity contribution in [3.8, 4) is 0 Å². The van der Waals surface area contributed by atoms with Crippen molar-refractivity contribution in [1.82, 2.24) is 10.1 Å². The molecule has 1 saturated heterocycles. The number of hydrogen-bond donors (Lipinski definition) is 1. The van der Waals surface area contributed by atoms with Crippen LogP contribution in [0, 0.1) is 24.5 Å². The van der Waals surface area contributed by atoms with Crippen LogP contribution < -0.4 is 0 Å². The Morgan fingerprint density at radius 3 is 2.92 bits per heavy atom. The fourth-order valence-electron chi connectivity index (χ4n) is 2.99. The summed E-state index contributed by atoms with van der Waals surface area (Å²) < 4.78 is 32.0. The Hall–Kier alpha value is -2.28. The van der Waals surface area contributed by atoms with Gasteiger partial charge >= 0.3 is 0 Å². The zero-order valence-electron chi connectivity index (χ0n) is 13.2. The van der Waals surface area contributed by atoms with Crippen LogP contribution in [0.2, 0.25) is 0 Å². The smallest absolute Gasteiger partial charge is 0.227 e. The molecular formula is C17H18F2N2O3. The lowest BCUT2D eigenvalue weighted by atomic mass is 10.0. The standard InChI is InChI=1S/C17H18F2N2O3/c1-10-5-13(24-20-10)6-12-8-21(9-15(12)22)16(23)7-11-3-2-4-14(18)17(11)19/h2-5,12,15,22H,6-9H2,1H3/t12-,15+/m1/s1. The van der Waals surface area contributed by atoms with E-state index in [4.69, 9.17) is 4.52 Å². The molecule has 3 rings (SSSR count). The second kappa shape index (κ2) is 6.68. The molecule has 0 aliphatic carbocycles. The molecule has 0 unspecified atom stereocenters. The van der Waals surface area contributed by atoms with Gasteiger partial charge in [0, 0.05) is 37.1 Å². The van der Waals surface area contributed by atoms with E-state index in [0.29, 0.717) is 18.7 Å². The molecule has 1 aliphatic heterocycles. The Morgan fingerprint density at radius 2 is 2.21 bits per heavy atom. The van der Waals surface area contributed by atoms with Gasteiger partial charge in [0.25, 0.3) is 0 Å². The molecule has 128 valence electrons. The summed E-state index contributed by atoms with van der Waals surface area (Å²) in [6, 6.07) is 5.56. The van der Waals surface area contributed by atoms with Gasteiger partial charge in [-0.15, -0.1) is 0 Å². The van der Waals surface area contributed by atoms with E-state index in [-0.39, 0.29) is 30.4 Å². The summed E-state index contributed by atoms with van der Waals surface area (Å²) in [4.78, 5) is 13.8. The van der Waals surface area contributed by atoms with Crippen molar-refractivity contribution in [2.24, 2.45) is 5.92 Å². The summed E-state index contributed by atoms with van der Waals surface area (Å²) in [6.45, 7) is 2.33. The van der Waals surface area contributed by atoms with E-state index in [1.165, 1.54) is 17.0 Å². The van der Waals surface area contributed by atoms with Crippen molar-refractivity contribution in [2.45, 2.75) is 25.9 Å². The van der Waals surface area contributed by atoms with Crippen LogP contribution in [0.3, 0.4) is 0 Å². The number of amides is 1. The number of hydrogen-bond acceptors (Lipinski definition) is 4. The average molecular weight is 336 g/mol. The molecule has 1 aromatic carbocycles. The number of carbonyl (C=O) groups is 1. The number of rotatable bonds is 4. The number of likely N-dealkylation sites (tertiary alicyclic amines) is 1. The molecular weight excluding hydrogens is 318 g/mol. The Labute approximate surface area is 137 Å². The Morgan fingerprint density at radius 1 is 1.42 bits per heavy atom. The number of aliphatic hydroxyl groups excluding tert-OH is 1. The van der Waals surface area contributed by atoms with Crippen LogP contribution in [0.15, 0.2) is 28.8 Å². The second-order valence-corrected chi connectivity index (χ2v) is 6.15. The average Bonchev–Trinajstić information content (AvgIpc) is 3.11. The van der Waals surface area contributed by atoms with Gasteiger partial charge in [0.15, 0.2) is 11.6 Å². The maximum atomic E-state index is 13.7. The van der Waals surface area contributed by atoms with Gasteiger partial charge in [-0.05, 0) is 13.0 Å². The third-order valence-electron chi connectivity index (χ3n) is 4.27. The molecule has 1 N–H and O–H groups in total. The molecule has 7 heteroatoms. The number of aryl methyl sites for hydroxylation is 1. The topological polar surface area (TPSA) is 66.6 Å². The number of aromatic nitrogens is 1. The summed E-state index contributed by atoms with van der Waals surface area (Å²) in [6.07, 6.45) is -0.443. The Balaban J connectivity index is 1.63. The zero-order valence-corrected chi connectivity index (χ0v) is 13.2. The number of benzene rings is 1. The second-order valence-electron chi connectivity index (χ2n) is 6.15. The van der Waals surface area contributed by atoms with Gasteiger partial charge in [-0.1, -0.05) is 17.3 Å². The molecule has 1 fully saturated rings. The van der Waals surface area contributed by atoms with E-state index in [2.05, 4.69) is 5.16 Å². The van der Waals surface area contributed by atoms with Gasteiger partial charge in [0.1, 0.15) is 5.76 Å². The molecule has 1 amide bonds. The normalized spacial score (nSPS) is 20.6. The molecule has 2 heterocycles. The number of β-amino-alcohol motifs (C(OH)–C–C–N with tert-alkyl or cyclic N) is 1. The van der Waals surface area contributed by atoms with E-state index in [9.17, 15) is 18.7 Å². The van der Waals surface area contributed by atoms with Crippen LogP contribution in [-0.2, 0) is 17.6 Å². The van der Waals surface area contributed by atoms with Crippen LogP contribution in [0.5, 0.6) is 0 Å². The first-order chi connectivity index (χ1) is 11.4. The lowest BCUT2D eigenvalue weighted by Gasteiger charge is -2.16. The summed E-state index contributed by atoms with van der Waals surface area (Å²) in [5, 5.41) is 13.9. The SMILES string of the molecule is Cc1cc(C[C@@H]2CN(C(=O)Cc3cccc(F)c3F)C[C@@H]2O)on1. The monoisotopic (exact) mass is 336 g/mol. The first-order valence-electron chi connectivity index (χ1n) is 7.75. The summed E-state index contributed by atoms with van der Waals surface area (Å²) in [5.74, 6) is -1.82. The quantitative estimate of drug-likeness (QED) is 0.926. The molecule has 0 spiro atoms. The fraction of sp³-hybridized carbons (Fsp3) is 0.412. The predicted molar refractivity (Wildman–Crippen MR) is 81.1 cm³/mol. The van der Waals surface area contributed by atoms with Gasteiger partial charge in [-0.2, -0.15) is 0 Å². The number of nitrogens with zero attached hydrogens (tertiary/aromatic N) is 2. The number of carbonyl (C=O) groups excluding carboxylic acids is 1. The highest BCUT2D eigenvalue weighted by molar-refractivity contribution is 5.79. The van der Waals surface area contributed by atoms with Crippen molar-refractivity contribution in [2.75, 3.05) is 13.1 Å². The minimum absolute atomic E-state index is 0.0174. The minimum Gasteiger partial charge on any atom is -0.391 e. The highest BCUT2D eigenvalue weighted by atomic mass is 19.2. The number of halogens is 2. The summed E-state index contributed by atoms with van der Waals surface area (Å²) in [7, 11) is 0. The molecule has 1 aliphatic rings. The van der Waals surface area contributed by atoms with E-state index in [0.717, 1.165) is 11.8 Å². The maximum Gasteiger partial charge on any atom is 0.227 e. The summed E-state index contributed by atoms with van der Waals surface area (Å²) >= 11 is 0. The van der Waals surface area contributed by atoms with Crippen LogP contribution in [0.1, 0.15) is 17.0 Å². The molecule has 2 atom stereocenters. The zero-order chi connectivity index (χ0) is 17.3. The molecule has 0 saturated carbocycles. The van der Waals surface area contributed by atoms with Gasteiger partial charge < -0.3 is 14.5 Å². The van der Waals surface area contributed by atoms with Crippen LogP contribution in [0.4, 0.5) is 8.78 Å². The molecule has 24 heavy (non-hydrogen) atoms. The Kier molecular flexibility index (Phi) is 4.62. The van der Waals surface area contributed by atoms with Gasteiger partial charge in [0.05, 0.1) is 18.2 Å². The third kappa shape index (κ3) is 3.46. The van der Waals surface area contributed by atoms with Crippen molar-refractivity contribution in [1.29, 1.82) is 0 Å². The maximum absolute atomic E-state index is 13.7. The van der Waals surface area contributed by atoms with Crippen molar-refractivity contribution < 1.29 is 23.2 Å². The molecule has 1 aromatic heterocycles. The minimum atomic E-state index is -1.00. The van der Waals surface area contributed by atoms with Gasteiger partial charge in [-0.25, -0.2) is 8.78 Å². The lowest BCUT2D eigenvalue weighted by Crippen LogP contribution is -2.31. The van der Waals surface area contributed by atoms with E-state index < -0.39 is 17.7 Å². The van der Waals surface area contributed by atoms with Crippen molar-refractivity contribution in [3.05, 3.63) is 52.9 Å². The van der Waals surface area contributed by atoms with Gasteiger partial charge in [0.2, 0.25) is 5.91 Å². The molecule has 2 aromatic rings. The van der Waals surface area contributed by atoms with Crippen LogP contribution in [-0.4, -0.2) is 40.3 Å². The van der Waals surface area contributed by atoms with Crippen molar-refractivity contribution >= 4 is 5.91 Å². The number of aliphatic hydroxyl groups is 1. The highest BCUT2D eigenvalue weighted by Gasteiger charge is 2.34. The molecule has 0 radical (unpaired) electrons. The van der Waals surface area contributed by atoms with E-state index >= 15 is 0 Å². The largest absolute Gasteiger partial charge is 0.391 e. The summed E-state index contributed by atoms with van der Waals surface area (Å²) in [5.41, 5.74) is 0.774. The molecule has 0 bridgehead atoms. The van der Waals surface area contributed by atoms with Crippen LogP contribution in [0.25, 0.3) is 0 Å². The Bertz CT molecular complexity index is 747. The van der Waals surface area contributed by atoms with Crippen LogP contribution >= 0.6 is 0 Å². The molecule has 5 nitrogen and oxygen atoms in total. The van der Waals surface area contributed by atoms with Gasteiger partial charge in [-0.3, -0.25) is 4.79 Å². The predicted octanol–water partition coefficient (Wildman–Crippen LogP) is 1.87.